The lowest BCUT2D eigenvalue weighted by Gasteiger charge is -2.23. The average molecular weight is 447 g/mol. The molecule has 2 aromatic carbocycles. The topological polar surface area (TPSA) is 92.9 Å². The zero-order valence-corrected chi connectivity index (χ0v) is 18.9. The molecule has 1 saturated heterocycles. The van der Waals surface area contributed by atoms with Crippen molar-refractivity contribution in [3.8, 4) is 5.75 Å². The smallest absolute Gasteiger partial charge is 0.301 e. The van der Waals surface area contributed by atoms with Crippen LogP contribution in [-0.2, 0) is 16.0 Å². The summed E-state index contributed by atoms with van der Waals surface area (Å²) in [5.74, 6) is -0.390. The van der Waals surface area contributed by atoms with Crippen molar-refractivity contribution in [2.75, 3.05) is 11.5 Å². The van der Waals surface area contributed by atoms with E-state index in [1.165, 1.54) is 4.90 Å². The lowest BCUT2D eigenvalue weighted by atomic mass is 9.94. The van der Waals surface area contributed by atoms with Gasteiger partial charge in [0.1, 0.15) is 17.3 Å². The van der Waals surface area contributed by atoms with E-state index in [0.717, 1.165) is 18.4 Å². The molecule has 2 heterocycles. The molecule has 1 fully saturated rings. The summed E-state index contributed by atoms with van der Waals surface area (Å²) < 4.78 is 10.8. The molecule has 1 N–H and O–H groups in total. The fraction of sp³-hybridized carbons (Fsp3) is 0.269. The Kier molecular flexibility index (Phi) is 6.31. The predicted octanol–water partition coefficient (Wildman–Crippen LogP) is 4.96. The van der Waals surface area contributed by atoms with Crippen molar-refractivity contribution in [2.24, 2.45) is 0 Å². The van der Waals surface area contributed by atoms with E-state index < -0.39 is 17.7 Å². The van der Waals surface area contributed by atoms with Crippen LogP contribution in [0.15, 0.2) is 64.7 Å². The van der Waals surface area contributed by atoms with Crippen LogP contribution >= 0.6 is 0 Å². The summed E-state index contributed by atoms with van der Waals surface area (Å²) in [6.45, 7) is 6.36. The normalized spacial score (nSPS) is 17.5. The zero-order valence-electron chi connectivity index (χ0n) is 18.9. The minimum Gasteiger partial charge on any atom is -0.507 e. The first-order chi connectivity index (χ1) is 15.9. The van der Waals surface area contributed by atoms with Gasteiger partial charge in [0.25, 0.3) is 5.78 Å². The maximum atomic E-state index is 13.1. The largest absolute Gasteiger partial charge is 0.507 e. The van der Waals surface area contributed by atoms with Crippen LogP contribution in [0, 0.1) is 6.92 Å². The van der Waals surface area contributed by atoms with E-state index in [-0.39, 0.29) is 17.2 Å². The van der Waals surface area contributed by atoms with Crippen molar-refractivity contribution < 1.29 is 24.0 Å². The van der Waals surface area contributed by atoms with Gasteiger partial charge in [0.05, 0.1) is 18.2 Å². The number of ketones is 1. The molecular formula is C26H26N2O5. The summed E-state index contributed by atoms with van der Waals surface area (Å²) in [4.78, 5) is 27.5. The van der Waals surface area contributed by atoms with E-state index in [9.17, 15) is 14.7 Å². The number of hydrogen-bond donors (Lipinski definition) is 1. The molecule has 3 aromatic rings. The number of aryl methyl sites for hydroxylation is 2. The van der Waals surface area contributed by atoms with Crippen LogP contribution in [0.5, 0.6) is 5.75 Å². The van der Waals surface area contributed by atoms with Gasteiger partial charge in [-0.05, 0) is 55.2 Å². The third kappa shape index (κ3) is 4.26. The molecule has 1 amide bonds. The van der Waals surface area contributed by atoms with E-state index in [1.54, 1.807) is 37.3 Å². The molecule has 0 aliphatic carbocycles. The standard InChI is InChI=1S/C26H26N2O5/c1-4-14-32-20-12-10-19(11-13-20)24(29)22-23(18-8-6-17(5-2)7-9-18)28(26(31)25(22)30)21-15-16(3)33-27-21/h6-13,15,23,29H,4-5,14H2,1-3H3/t23-/m0/s1. The van der Waals surface area contributed by atoms with Crippen molar-refractivity contribution in [1.29, 1.82) is 0 Å². The van der Waals surface area contributed by atoms with Gasteiger partial charge in [0, 0.05) is 11.6 Å². The van der Waals surface area contributed by atoms with E-state index in [2.05, 4.69) is 5.16 Å². The number of ether oxygens (including phenoxy) is 1. The third-order valence-corrected chi connectivity index (χ3v) is 5.61. The highest BCUT2D eigenvalue weighted by atomic mass is 16.5. The number of hydrogen-bond acceptors (Lipinski definition) is 6. The van der Waals surface area contributed by atoms with Crippen LogP contribution in [0.25, 0.3) is 5.76 Å². The number of benzene rings is 2. The van der Waals surface area contributed by atoms with E-state index in [1.807, 2.05) is 38.1 Å². The first-order valence-electron chi connectivity index (χ1n) is 11.0. The molecule has 1 aromatic heterocycles. The molecule has 0 spiro atoms. The number of aliphatic hydroxyl groups is 1. The van der Waals surface area contributed by atoms with Crippen molar-refractivity contribution in [3.63, 3.8) is 0 Å². The highest BCUT2D eigenvalue weighted by Crippen LogP contribution is 2.42. The number of anilines is 1. The Morgan fingerprint density at radius 1 is 1.09 bits per heavy atom. The molecule has 4 rings (SSSR count). The number of Topliss-reactive ketones (excluding diaryl/α,β-unsaturated/α-hetero) is 1. The maximum absolute atomic E-state index is 13.1. The summed E-state index contributed by atoms with van der Waals surface area (Å²) >= 11 is 0. The van der Waals surface area contributed by atoms with Gasteiger partial charge in [-0.3, -0.25) is 14.5 Å². The highest BCUT2D eigenvalue weighted by molar-refractivity contribution is 6.51. The Hall–Kier alpha value is -3.87. The van der Waals surface area contributed by atoms with E-state index in [0.29, 0.717) is 29.2 Å². The molecule has 7 nitrogen and oxygen atoms in total. The van der Waals surface area contributed by atoms with Gasteiger partial charge in [-0.1, -0.05) is 43.3 Å². The van der Waals surface area contributed by atoms with Gasteiger partial charge < -0.3 is 14.4 Å². The molecular weight excluding hydrogens is 420 g/mol. The molecule has 0 saturated carbocycles. The fourth-order valence-electron chi connectivity index (χ4n) is 3.87. The number of amides is 1. The zero-order chi connectivity index (χ0) is 23.5. The molecule has 1 aliphatic rings. The van der Waals surface area contributed by atoms with Gasteiger partial charge >= 0.3 is 5.91 Å². The quantitative estimate of drug-likeness (QED) is 0.313. The maximum Gasteiger partial charge on any atom is 0.301 e. The average Bonchev–Trinajstić information content (AvgIpc) is 3.38. The van der Waals surface area contributed by atoms with Crippen LogP contribution in [-0.4, -0.2) is 28.6 Å². The van der Waals surface area contributed by atoms with Crippen LogP contribution in [0.2, 0.25) is 0 Å². The van der Waals surface area contributed by atoms with Crippen LogP contribution in [0.3, 0.4) is 0 Å². The second-order valence-electron chi connectivity index (χ2n) is 7.93. The number of nitrogens with zero attached hydrogens (tertiary/aromatic N) is 2. The number of aromatic nitrogens is 1. The third-order valence-electron chi connectivity index (χ3n) is 5.61. The van der Waals surface area contributed by atoms with Crippen LogP contribution < -0.4 is 9.64 Å². The van der Waals surface area contributed by atoms with Crippen molar-refractivity contribution in [2.45, 2.75) is 39.7 Å². The first-order valence-corrected chi connectivity index (χ1v) is 11.0. The highest BCUT2D eigenvalue weighted by Gasteiger charge is 2.48. The lowest BCUT2D eigenvalue weighted by molar-refractivity contribution is -0.132. The predicted molar refractivity (Wildman–Crippen MR) is 124 cm³/mol. The van der Waals surface area contributed by atoms with Gasteiger partial charge in [-0.2, -0.15) is 0 Å². The molecule has 1 aliphatic heterocycles. The van der Waals surface area contributed by atoms with E-state index in [4.69, 9.17) is 9.26 Å². The molecule has 0 bridgehead atoms. The van der Waals surface area contributed by atoms with Gasteiger partial charge in [0.15, 0.2) is 5.82 Å². The summed E-state index contributed by atoms with van der Waals surface area (Å²) in [5, 5.41) is 15.1. The van der Waals surface area contributed by atoms with E-state index >= 15 is 0 Å². The SMILES string of the molecule is CCCOc1ccc(C(O)=C2C(=O)C(=O)N(c3cc(C)on3)[C@H]2c2ccc(CC)cc2)cc1. The molecule has 1 atom stereocenters. The minimum atomic E-state index is -0.837. The number of carbonyl (C=O) groups is 2. The van der Waals surface area contributed by atoms with Gasteiger partial charge in [0.2, 0.25) is 0 Å². The minimum absolute atomic E-state index is 0.00660. The summed E-state index contributed by atoms with van der Waals surface area (Å²) in [7, 11) is 0. The van der Waals surface area contributed by atoms with Gasteiger partial charge in [-0.15, -0.1) is 0 Å². The number of rotatable bonds is 7. The summed E-state index contributed by atoms with van der Waals surface area (Å²) in [6.07, 6.45) is 1.74. The van der Waals surface area contributed by atoms with Crippen LogP contribution in [0.4, 0.5) is 5.82 Å². The summed E-state index contributed by atoms with van der Waals surface area (Å²) in [5.41, 5.74) is 2.24. The number of carbonyl (C=O) groups excluding carboxylic acids is 2. The molecule has 0 radical (unpaired) electrons. The monoisotopic (exact) mass is 446 g/mol. The van der Waals surface area contributed by atoms with Crippen molar-refractivity contribution in [3.05, 3.63) is 82.6 Å². The van der Waals surface area contributed by atoms with Crippen molar-refractivity contribution in [1.82, 2.24) is 5.16 Å². The molecule has 7 heteroatoms. The second kappa shape index (κ2) is 9.32. The number of aliphatic hydroxyl groups excluding tert-OH is 1. The van der Waals surface area contributed by atoms with Crippen LogP contribution in [0.1, 0.15) is 48.8 Å². The molecule has 170 valence electrons. The molecule has 0 unspecified atom stereocenters. The van der Waals surface area contributed by atoms with Gasteiger partial charge in [-0.25, -0.2) is 0 Å². The first kappa shape index (κ1) is 22.3. The Labute approximate surface area is 192 Å². The Bertz CT molecular complexity index is 1190. The Balaban J connectivity index is 1.83. The summed E-state index contributed by atoms with van der Waals surface area (Å²) in [6, 6.07) is 15.2. The Morgan fingerprint density at radius 2 is 1.79 bits per heavy atom. The second-order valence-corrected chi connectivity index (χ2v) is 7.93. The lowest BCUT2D eigenvalue weighted by Crippen LogP contribution is -2.29. The Morgan fingerprint density at radius 3 is 2.36 bits per heavy atom. The fourth-order valence-corrected chi connectivity index (χ4v) is 3.87. The van der Waals surface area contributed by atoms with Crippen molar-refractivity contribution >= 4 is 23.3 Å². The molecule has 33 heavy (non-hydrogen) atoms.